The zero-order valence-corrected chi connectivity index (χ0v) is 20.8. The van der Waals surface area contributed by atoms with Crippen LogP contribution in [0.2, 0.25) is 5.02 Å². The first-order valence-electron chi connectivity index (χ1n) is 10.6. The van der Waals surface area contributed by atoms with E-state index < -0.39 is 15.8 Å². The maximum absolute atomic E-state index is 13.7. The lowest BCUT2D eigenvalue weighted by Gasteiger charge is -2.19. The Morgan fingerprint density at radius 2 is 1.81 bits per heavy atom. The van der Waals surface area contributed by atoms with Gasteiger partial charge in [-0.3, -0.25) is 14.4 Å². The van der Waals surface area contributed by atoms with Crippen LogP contribution in [0.3, 0.4) is 0 Å². The quantitative estimate of drug-likeness (QED) is 0.260. The molecule has 0 aliphatic carbocycles. The van der Waals surface area contributed by atoms with Crippen LogP contribution in [0.4, 0.5) is 15.2 Å². The molecular weight excluding hydrogens is 525 g/mol. The van der Waals surface area contributed by atoms with E-state index in [-0.39, 0.29) is 23.0 Å². The number of nitrogens with zero attached hydrogens (tertiary/aromatic N) is 2. The average Bonchev–Trinajstić information content (AvgIpc) is 3.52. The third-order valence-corrected chi connectivity index (χ3v) is 7.91. The highest BCUT2D eigenvalue weighted by molar-refractivity contribution is 7.92. The van der Waals surface area contributed by atoms with Gasteiger partial charge in [-0.15, -0.1) is 0 Å². The smallest absolute Gasteiger partial charge is 0.261 e. The molecule has 0 saturated heterocycles. The number of halogens is 2. The minimum Gasteiger partial charge on any atom is -0.467 e. The third kappa shape index (κ3) is 5.11. The minimum absolute atomic E-state index is 0.0592. The predicted octanol–water partition coefficient (Wildman–Crippen LogP) is 6.33. The molecule has 1 N–H and O–H groups in total. The summed E-state index contributed by atoms with van der Waals surface area (Å²) in [7, 11) is -3.83. The van der Waals surface area contributed by atoms with Crippen LogP contribution in [-0.2, 0) is 16.6 Å². The number of carbonyl (C=O) groups is 1. The Balaban J connectivity index is 1.41. The number of benzene rings is 3. The lowest BCUT2D eigenvalue weighted by atomic mass is 10.2. The monoisotopic (exact) mass is 541 g/mol. The van der Waals surface area contributed by atoms with Gasteiger partial charge in [-0.2, -0.15) is 0 Å². The fourth-order valence-corrected chi connectivity index (χ4v) is 5.62. The largest absolute Gasteiger partial charge is 0.467 e. The second kappa shape index (κ2) is 9.73. The molecule has 36 heavy (non-hydrogen) atoms. The molecule has 2 aromatic heterocycles. The molecule has 0 saturated carbocycles. The first-order valence-corrected chi connectivity index (χ1v) is 13.2. The second-order valence-corrected chi connectivity index (χ2v) is 10.8. The number of amides is 1. The molecule has 0 radical (unpaired) electrons. The number of hydrogen-bond acceptors (Lipinski definition) is 6. The number of aromatic nitrogens is 1. The van der Waals surface area contributed by atoms with Gasteiger partial charge in [0.1, 0.15) is 11.6 Å². The van der Waals surface area contributed by atoms with Crippen LogP contribution >= 0.6 is 22.9 Å². The van der Waals surface area contributed by atoms with E-state index in [1.54, 1.807) is 18.2 Å². The SMILES string of the molecule is O=C(c1ccc(NS(=O)(=O)c2ccc(Cl)cc2)cc1)N(Cc1ccco1)c1nc2ccc(F)cc2s1. The van der Waals surface area contributed by atoms with Crippen molar-refractivity contribution in [3.63, 3.8) is 0 Å². The third-order valence-electron chi connectivity index (χ3n) is 5.22. The molecule has 0 spiro atoms. The summed E-state index contributed by atoms with van der Waals surface area (Å²) in [5, 5.41) is 0.804. The summed E-state index contributed by atoms with van der Waals surface area (Å²) >= 11 is 7.02. The van der Waals surface area contributed by atoms with Crippen LogP contribution in [0.1, 0.15) is 16.1 Å². The van der Waals surface area contributed by atoms with Gasteiger partial charge in [0.05, 0.1) is 27.9 Å². The van der Waals surface area contributed by atoms with Gasteiger partial charge in [0.25, 0.3) is 15.9 Å². The Labute approximate surface area is 214 Å². The predicted molar refractivity (Wildman–Crippen MR) is 138 cm³/mol. The summed E-state index contributed by atoms with van der Waals surface area (Å²) in [4.78, 5) is 19.5. The highest BCUT2D eigenvalue weighted by Crippen LogP contribution is 2.31. The van der Waals surface area contributed by atoms with Crippen molar-refractivity contribution in [2.75, 3.05) is 9.62 Å². The zero-order valence-electron chi connectivity index (χ0n) is 18.4. The van der Waals surface area contributed by atoms with Crippen molar-refractivity contribution >= 4 is 59.9 Å². The van der Waals surface area contributed by atoms with Crippen LogP contribution in [0.15, 0.2) is 94.4 Å². The Morgan fingerprint density at radius 3 is 2.50 bits per heavy atom. The summed E-state index contributed by atoms with van der Waals surface area (Å²) in [5.41, 5.74) is 1.16. The molecule has 5 rings (SSSR count). The molecule has 0 fully saturated rings. The number of hydrogen-bond donors (Lipinski definition) is 1. The van der Waals surface area contributed by atoms with Crippen molar-refractivity contribution in [1.29, 1.82) is 0 Å². The molecule has 0 aliphatic heterocycles. The molecule has 182 valence electrons. The molecule has 7 nitrogen and oxygen atoms in total. The molecule has 1 amide bonds. The topological polar surface area (TPSA) is 92.5 Å². The fraction of sp³-hybridized carbons (Fsp3) is 0.0400. The summed E-state index contributed by atoms with van der Waals surface area (Å²) in [6, 6.07) is 19.5. The molecule has 0 aliphatic rings. The van der Waals surface area contributed by atoms with Gasteiger partial charge >= 0.3 is 0 Å². The number of thiazole rings is 1. The number of nitrogens with one attached hydrogen (secondary N) is 1. The summed E-state index contributed by atoms with van der Waals surface area (Å²) < 4.78 is 47.5. The number of anilines is 2. The van der Waals surface area contributed by atoms with Gasteiger partial charge in [-0.05, 0) is 78.9 Å². The first kappa shape index (κ1) is 24.0. The van der Waals surface area contributed by atoms with Gasteiger partial charge in [-0.25, -0.2) is 17.8 Å². The molecule has 0 unspecified atom stereocenters. The number of carbonyl (C=O) groups excluding carboxylic acids is 1. The van der Waals surface area contributed by atoms with Gasteiger partial charge in [0, 0.05) is 16.3 Å². The molecule has 0 bridgehead atoms. The zero-order chi connectivity index (χ0) is 25.3. The molecule has 11 heteroatoms. The highest BCUT2D eigenvalue weighted by Gasteiger charge is 2.23. The van der Waals surface area contributed by atoms with E-state index in [4.69, 9.17) is 16.0 Å². The Kier molecular flexibility index (Phi) is 6.48. The average molecular weight is 542 g/mol. The van der Waals surface area contributed by atoms with E-state index >= 15 is 0 Å². The van der Waals surface area contributed by atoms with Gasteiger partial charge in [-0.1, -0.05) is 22.9 Å². The van der Waals surface area contributed by atoms with Crippen molar-refractivity contribution in [3.05, 3.63) is 107 Å². The van der Waals surface area contributed by atoms with E-state index in [1.807, 2.05) is 0 Å². The van der Waals surface area contributed by atoms with E-state index in [0.29, 0.717) is 31.7 Å². The first-order chi connectivity index (χ1) is 17.3. The molecule has 0 atom stereocenters. The molecule has 2 heterocycles. The highest BCUT2D eigenvalue weighted by atomic mass is 35.5. The van der Waals surface area contributed by atoms with Gasteiger partial charge < -0.3 is 4.42 Å². The molecule has 5 aromatic rings. The Bertz CT molecular complexity index is 1640. The summed E-state index contributed by atoms with van der Waals surface area (Å²) in [6.07, 6.45) is 1.51. The summed E-state index contributed by atoms with van der Waals surface area (Å²) in [5.74, 6) is -0.225. The number of furan rings is 1. The Hall–Kier alpha value is -3.73. The van der Waals surface area contributed by atoms with Crippen molar-refractivity contribution in [1.82, 2.24) is 4.98 Å². The van der Waals surface area contributed by atoms with Gasteiger partial charge in [0.2, 0.25) is 0 Å². The van der Waals surface area contributed by atoms with Crippen LogP contribution in [0, 0.1) is 5.82 Å². The van der Waals surface area contributed by atoms with E-state index in [1.165, 1.54) is 83.2 Å². The van der Waals surface area contributed by atoms with Gasteiger partial charge in [0.15, 0.2) is 5.13 Å². The van der Waals surface area contributed by atoms with E-state index in [9.17, 15) is 17.6 Å². The summed E-state index contributed by atoms with van der Waals surface area (Å²) in [6.45, 7) is 0.110. The Morgan fingerprint density at radius 1 is 1.06 bits per heavy atom. The van der Waals surface area contributed by atoms with Crippen molar-refractivity contribution < 1.29 is 22.0 Å². The standard InChI is InChI=1S/C25H17ClFN3O4S2/c26-17-5-10-21(11-6-17)36(32,33)29-19-8-3-16(4-9-19)24(31)30(15-20-2-1-13-34-20)25-28-22-12-7-18(27)14-23(22)35-25/h1-14,29H,15H2. The lowest BCUT2D eigenvalue weighted by Crippen LogP contribution is -2.30. The van der Waals surface area contributed by atoms with E-state index in [2.05, 4.69) is 9.71 Å². The molecule has 3 aromatic carbocycles. The number of rotatable bonds is 7. The minimum atomic E-state index is -3.83. The van der Waals surface area contributed by atoms with E-state index in [0.717, 1.165) is 0 Å². The van der Waals surface area contributed by atoms with Crippen LogP contribution < -0.4 is 9.62 Å². The molecular formula is C25H17ClFN3O4S2. The maximum Gasteiger partial charge on any atom is 0.261 e. The van der Waals surface area contributed by atoms with Crippen LogP contribution in [0.5, 0.6) is 0 Å². The maximum atomic E-state index is 13.7. The number of sulfonamides is 1. The lowest BCUT2D eigenvalue weighted by molar-refractivity contribution is 0.0983. The van der Waals surface area contributed by atoms with Crippen molar-refractivity contribution in [2.24, 2.45) is 0 Å². The van der Waals surface area contributed by atoms with Crippen LogP contribution in [-0.4, -0.2) is 19.3 Å². The van der Waals surface area contributed by atoms with Crippen molar-refractivity contribution in [3.8, 4) is 0 Å². The van der Waals surface area contributed by atoms with Crippen molar-refractivity contribution in [2.45, 2.75) is 11.4 Å². The van der Waals surface area contributed by atoms with Crippen LogP contribution in [0.25, 0.3) is 10.2 Å². The second-order valence-electron chi connectivity index (χ2n) is 7.72. The number of fused-ring (bicyclic) bond motifs is 1. The normalized spacial score (nSPS) is 11.5. The fourth-order valence-electron chi connectivity index (χ4n) is 3.45.